The Morgan fingerprint density at radius 3 is 2.26 bits per heavy atom. The molecule has 3 aliphatic rings. The van der Waals surface area contributed by atoms with E-state index >= 15 is 0 Å². The van der Waals surface area contributed by atoms with Gasteiger partial charge in [-0.25, -0.2) is 0 Å². The second kappa shape index (κ2) is 8.32. The molecule has 0 aromatic heterocycles. The van der Waals surface area contributed by atoms with E-state index in [2.05, 4.69) is 4.90 Å². The number of benzene rings is 1. The van der Waals surface area contributed by atoms with Crippen molar-refractivity contribution in [1.29, 1.82) is 0 Å². The number of carbonyl (C=O) groups excluding carboxylic acids is 2. The summed E-state index contributed by atoms with van der Waals surface area (Å²) < 4.78 is 5.97. The number of hydrogen-bond acceptors (Lipinski definition) is 3. The fraction of sp³-hybridized carbons (Fsp3) is 0.636. The van der Waals surface area contributed by atoms with Gasteiger partial charge in [0.2, 0.25) is 5.91 Å². The lowest BCUT2D eigenvalue weighted by Gasteiger charge is -2.37. The third-order valence-electron chi connectivity index (χ3n) is 6.27. The average Bonchev–Trinajstić information content (AvgIpc) is 3.20. The second-order valence-electron chi connectivity index (χ2n) is 8.26. The number of ether oxygens (including phenoxy) is 1. The van der Waals surface area contributed by atoms with Gasteiger partial charge in [0.25, 0.3) is 5.91 Å². The van der Waals surface area contributed by atoms with Gasteiger partial charge in [-0.15, -0.1) is 0 Å². The van der Waals surface area contributed by atoms with Crippen LogP contribution in [0.2, 0.25) is 0 Å². The molecule has 1 saturated carbocycles. The molecule has 0 spiro atoms. The highest BCUT2D eigenvalue weighted by molar-refractivity contribution is 5.94. The summed E-state index contributed by atoms with van der Waals surface area (Å²) in [5.74, 6) is 1.96. The number of nitrogens with zero attached hydrogens (tertiary/aromatic N) is 2. The van der Waals surface area contributed by atoms with Crippen LogP contribution in [0.4, 0.5) is 0 Å². The molecule has 4 rings (SSSR count). The molecule has 5 nitrogen and oxygen atoms in total. The number of rotatable bonds is 5. The Hall–Kier alpha value is -2.04. The van der Waals surface area contributed by atoms with E-state index in [4.69, 9.17) is 4.74 Å². The zero-order valence-electron chi connectivity index (χ0n) is 16.1. The van der Waals surface area contributed by atoms with Crippen molar-refractivity contribution >= 4 is 11.8 Å². The third kappa shape index (κ3) is 4.28. The van der Waals surface area contributed by atoms with Gasteiger partial charge < -0.3 is 14.5 Å². The first-order valence-electron chi connectivity index (χ1n) is 10.5. The highest BCUT2D eigenvalue weighted by Crippen LogP contribution is 2.30. The van der Waals surface area contributed by atoms with Gasteiger partial charge in [0.05, 0.1) is 6.61 Å². The Kier molecular flexibility index (Phi) is 5.65. The first-order valence-corrected chi connectivity index (χ1v) is 10.5. The van der Waals surface area contributed by atoms with Crippen molar-refractivity contribution in [3.8, 4) is 5.75 Å². The van der Waals surface area contributed by atoms with Gasteiger partial charge in [-0.3, -0.25) is 9.59 Å². The van der Waals surface area contributed by atoms with Crippen molar-refractivity contribution in [3.05, 3.63) is 29.8 Å². The molecule has 1 aromatic rings. The van der Waals surface area contributed by atoms with E-state index in [0.29, 0.717) is 18.4 Å². The lowest BCUT2D eigenvalue weighted by atomic mass is 9.83. The summed E-state index contributed by atoms with van der Waals surface area (Å²) >= 11 is 0. The van der Waals surface area contributed by atoms with Gasteiger partial charge in [0, 0.05) is 43.6 Å². The number of likely N-dealkylation sites (tertiary alicyclic amines) is 2. The first-order chi connectivity index (χ1) is 13.2. The molecule has 1 aliphatic carbocycles. The Labute approximate surface area is 161 Å². The minimum atomic E-state index is 0.122. The average molecular weight is 370 g/mol. The Morgan fingerprint density at radius 1 is 0.889 bits per heavy atom. The summed E-state index contributed by atoms with van der Waals surface area (Å²) in [5.41, 5.74) is 0.735. The lowest BCUT2D eigenvalue weighted by Crippen LogP contribution is -2.45. The van der Waals surface area contributed by atoms with Crippen LogP contribution in [0.1, 0.15) is 55.3 Å². The quantitative estimate of drug-likeness (QED) is 0.799. The summed E-state index contributed by atoms with van der Waals surface area (Å²) in [6.07, 6.45) is 7.73. The van der Waals surface area contributed by atoms with E-state index in [1.807, 2.05) is 29.2 Å². The highest BCUT2D eigenvalue weighted by atomic mass is 16.5. The molecule has 0 bridgehead atoms. The zero-order chi connectivity index (χ0) is 18.6. The molecule has 146 valence electrons. The predicted octanol–water partition coefficient (Wildman–Crippen LogP) is 3.34. The maximum Gasteiger partial charge on any atom is 0.253 e. The topological polar surface area (TPSA) is 49.9 Å². The molecule has 1 atom stereocenters. The van der Waals surface area contributed by atoms with Crippen molar-refractivity contribution in [3.63, 3.8) is 0 Å². The maximum atomic E-state index is 12.5. The summed E-state index contributed by atoms with van der Waals surface area (Å²) in [7, 11) is 0. The number of piperidine rings is 1. The van der Waals surface area contributed by atoms with Crippen LogP contribution in [0.3, 0.4) is 0 Å². The SMILES string of the molecule is O=C(c1ccc(OCC2CCCN(C(=O)C3CCC3)C2)cc1)N1CCCC1. The summed E-state index contributed by atoms with van der Waals surface area (Å²) in [6, 6.07) is 7.51. The van der Waals surface area contributed by atoms with Crippen molar-refractivity contribution in [2.45, 2.75) is 44.9 Å². The zero-order valence-corrected chi connectivity index (χ0v) is 16.1. The molecule has 27 heavy (non-hydrogen) atoms. The normalized spacial score (nSPS) is 23.2. The van der Waals surface area contributed by atoms with E-state index in [0.717, 1.165) is 76.0 Å². The summed E-state index contributed by atoms with van der Waals surface area (Å²) in [6.45, 7) is 4.09. The van der Waals surface area contributed by atoms with E-state index < -0.39 is 0 Å². The number of amides is 2. The number of carbonyl (C=O) groups is 2. The standard InChI is InChI=1S/C22H30N2O3/c25-21(23-12-1-2-13-23)19-8-10-20(11-9-19)27-16-17-5-4-14-24(15-17)22(26)18-6-3-7-18/h8-11,17-18H,1-7,12-16H2. The molecule has 2 amide bonds. The lowest BCUT2D eigenvalue weighted by molar-refractivity contribution is -0.140. The van der Waals surface area contributed by atoms with Gasteiger partial charge >= 0.3 is 0 Å². The van der Waals surface area contributed by atoms with Crippen molar-refractivity contribution < 1.29 is 14.3 Å². The molecule has 0 N–H and O–H groups in total. The second-order valence-corrected chi connectivity index (χ2v) is 8.26. The third-order valence-corrected chi connectivity index (χ3v) is 6.27. The van der Waals surface area contributed by atoms with Gasteiger partial charge in [-0.1, -0.05) is 6.42 Å². The molecule has 3 fully saturated rings. The fourth-order valence-electron chi connectivity index (χ4n) is 4.33. The van der Waals surface area contributed by atoms with E-state index in [1.165, 1.54) is 6.42 Å². The van der Waals surface area contributed by atoms with Crippen LogP contribution in [0.25, 0.3) is 0 Å². The summed E-state index contributed by atoms with van der Waals surface area (Å²) in [4.78, 5) is 28.8. The fourth-order valence-corrected chi connectivity index (χ4v) is 4.33. The number of hydrogen-bond donors (Lipinski definition) is 0. The van der Waals surface area contributed by atoms with Crippen LogP contribution in [-0.2, 0) is 4.79 Å². The molecule has 0 radical (unpaired) electrons. The molecule has 5 heteroatoms. The maximum absolute atomic E-state index is 12.5. The smallest absolute Gasteiger partial charge is 0.253 e. The monoisotopic (exact) mass is 370 g/mol. The highest BCUT2D eigenvalue weighted by Gasteiger charge is 2.32. The summed E-state index contributed by atoms with van der Waals surface area (Å²) in [5, 5.41) is 0. The van der Waals surface area contributed by atoms with Gasteiger partial charge in [-0.2, -0.15) is 0 Å². The molecular weight excluding hydrogens is 340 g/mol. The van der Waals surface area contributed by atoms with Crippen LogP contribution < -0.4 is 4.74 Å². The molecule has 2 saturated heterocycles. The largest absolute Gasteiger partial charge is 0.493 e. The van der Waals surface area contributed by atoms with E-state index in [1.54, 1.807) is 0 Å². The van der Waals surface area contributed by atoms with Crippen molar-refractivity contribution in [1.82, 2.24) is 9.80 Å². The van der Waals surface area contributed by atoms with Crippen LogP contribution in [0.15, 0.2) is 24.3 Å². The first kappa shape index (κ1) is 18.3. The predicted molar refractivity (Wildman–Crippen MR) is 104 cm³/mol. The van der Waals surface area contributed by atoms with E-state index in [-0.39, 0.29) is 11.8 Å². The van der Waals surface area contributed by atoms with E-state index in [9.17, 15) is 9.59 Å². The molecule has 2 aliphatic heterocycles. The van der Waals surface area contributed by atoms with Crippen LogP contribution >= 0.6 is 0 Å². The van der Waals surface area contributed by atoms with Crippen LogP contribution in [0.5, 0.6) is 5.75 Å². The van der Waals surface area contributed by atoms with Crippen molar-refractivity contribution in [2.75, 3.05) is 32.8 Å². The molecule has 2 heterocycles. The minimum Gasteiger partial charge on any atom is -0.493 e. The van der Waals surface area contributed by atoms with Gasteiger partial charge in [0.1, 0.15) is 5.75 Å². The minimum absolute atomic E-state index is 0.122. The van der Waals surface area contributed by atoms with Crippen molar-refractivity contribution in [2.24, 2.45) is 11.8 Å². The Balaban J connectivity index is 1.26. The Bertz CT molecular complexity index is 663. The Morgan fingerprint density at radius 2 is 1.59 bits per heavy atom. The van der Waals surface area contributed by atoms with Gasteiger partial charge in [-0.05, 0) is 62.8 Å². The molecule has 1 unspecified atom stereocenters. The van der Waals surface area contributed by atoms with Crippen LogP contribution in [-0.4, -0.2) is 54.4 Å². The molecule has 1 aromatic carbocycles. The molecular formula is C22H30N2O3. The van der Waals surface area contributed by atoms with Gasteiger partial charge in [0.15, 0.2) is 0 Å². The van der Waals surface area contributed by atoms with Crippen LogP contribution in [0, 0.1) is 11.8 Å².